The van der Waals surface area contributed by atoms with Crippen molar-refractivity contribution in [3.8, 4) is 0 Å². The van der Waals surface area contributed by atoms with Crippen LogP contribution in [0.4, 0.5) is 5.69 Å². The lowest BCUT2D eigenvalue weighted by atomic mass is 10.1. The van der Waals surface area contributed by atoms with Gasteiger partial charge in [0.1, 0.15) is 0 Å². The molecule has 0 N–H and O–H groups in total. The molecule has 2 aromatic carbocycles. The summed E-state index contributed by atoms with van der Waals surface area (Å²) in [4.78, 5) is 29.1. The van der Waals surface area contributed by atoms with Crippen molar-refractivity contribution >= 4 is 27.5 Å². The first-order valence-electron chi connectivity index (χ1n) is 10.2. The number of benzene rings is 2. The van der Waals surface area contributed by atoms with Crippen molar-refractivity contribution in [1.29, 1.82) is 0 Å². The summed E-state index contributed by atoms with van der Waals surface area (Å²) < 4.78 is 27.3. The molecule has 0 radical (unpaired) electrons. The largest absolute Gasteiger partial charge is 0.337 e. The third-order valence-corrected chi connectivity index (χ3v) is 7.53. The van der Waals surface area contributed by atoms with Gasteiger partial charge in [0.2, 0.25) is 15.9 Å². The molecule has 2 heterocycles. The second-order valence-corrected chi connectivity index (χ2v) is 9.47. The predicted molar refractivity (Wildman–Crippen MR) is 114 cm³/mol. The zero-order chi connectivity index (χ0) is 21.1. The Bertz CT molecular complexity index is 1040. The SMILES string of the molecule is O=C(c1ccccc1N1CCCC1=O)N1CCCN(S(=O)(=O)c2ccccc2)CC1. The second-order valence-electron chi connectivity index (χ2n) is 7.53. The van der Waals surface area contributed by atoms with Crippen molar-refractivity contribution in [1.82, 2.24) is 9.21 Å². The highest BCUT2D eigenvalue weighted by Crippen LogP contribution is 2.27. The Morgan fingerprint density at radius 2 is 1.53 bits per heavy atom. The van der Waals surface area contributed by atoms with E-state index in [-0.39, 0.29) is 23.3 Å². The fraction of sp³-hybridized carbons (Fsp3) is 0.364. The van der Waals surface area contributed by atoms with Crippen LogP contribution in [-0.4, -0.2) is 62.2 Å². The summed E-state index contributed by atoms with van der Waals surface area (Å²) >= 11 is 0. The molecule has 8 heteroatoms. The average molecular weight is 428 g/mol. The number of carbonyl (C=O) groups excluding carboxylic acids is 2. The lowest BCUT2D eigenvalue weighted by Crippen LogP contribution is -2.38. The van der Waals surface area contributed by atoms with Gasteiger partial charge in [-0.2, -0.15) is 4.31 Å². The molecule has 0 saturated carbocycles. The molecule has 2 aliphatic heterocycles. The van der Waals surface area contributed by atoms with Crippen LogP contribution in [0, 0.1) is 0 Å². The second kappa shape index (κ2) is 8.57. The molecular weight excluding hydrogens is 402 g/mol. The van der Waals surface area contributed by atoms with E-state index >= 15 is 0 Å². The summed E-state index contributed by atoms with van der Waals surface area (Å²) in [7, 11) is -3.59. The average Bonchev–Trinajstić information content (AvgIpc) is 3.04. The Hall–Kier alpha value is -2.71. The van der Waals surface area contributed by atoms with Gasteiger partial charge in [0.05, 0.1) is 16.1 Å². The van der Waals surface area contributed by atoms with Gasteiger partial charge >= 0.3 is 0 Å². The molecule has 2 saturated heterocycles. The van der Waals surface area contributed by atoms with Gasteiger partial charge in [0.25, 0.3) is 5.91 Å². The monoisotopic (exact) mass is 427 g/mol. The minimum atomic E-state index is -3.59. The van der Waals surface area contributed by atoms with Crippen LogP contribution in [-0.2, 0) is 14.8 Å². The normalized spacial score (nSPS) is 18.5. The van der Waals surface area contributed by atoms with Crippen molar-refractivity contribution in [3.05, 3.63) is 60.2 Å². The topological polar surface area (TPSA) is 78.0 Å². The van der Waals surface area contributed by atoms with Gasteiger partial charge in [0.15, 0.2) is 0 Å². The third kappa shape index (κ3) is 3.97. The zero-order valence-electron chi connectivity index (χ0n) is 16.7. The highest BCUT2D eigenvalue weighted by atomic mass is 32.2. The van der Waals surface area contributed by atoms with E-state index in [1.807, 2.05) is 6.07 Å². The van der Waals surface area contributed by atoms with Crippen LogP contribution in [0.15, 0.2) is 59.5 Å². The highest BCUT2D eigenvalue weighted by molar-refractivity contribution is 7.89. The van der Waals surface area contributed by atoms with Crippen LogP contribution in [0.25, 0.3) is 0 Å². The van der Waals surface area contributed by atoms with E-state index in [9.17, 15) is 18.0 Å². The maximum Gasteiger partial charge on any atom is 0.256 e. The van der Waals surface area contributed by atoms with E-state index in [2.05, 4.69) is 0 Å². The van der Waals surface area contributed by atoms with E-state index < -0.39 is 10.0 Å². The number of carbonyl (C=O) groups is 2. The molecule has 0 unspecified atom stereocenters. The first-order valence-corrected chi connectivity index (χ1v) is 11.7. The summed E-state index contributed by atoms with van der Waals surface area (Å²) in [6, 6.07) is 15.5. The number of hydrogen-bond donors (Lipinski definition) is 0. The molecule has 0 bridgehead atoms. The van der Waals surface area contributed by atoms with Crippen molar-refractivity contribution in [2.45, 2.75) is 24.2 Å². The van der Waals surface area contributed by atoms with Crippen molar-refractivity contribution < 1.29 is 18.0 Å². The van der Waals surface area contributed by atoms with Gasteiger partial charge in [-0.1, -0.05) is 30.3 Å². The third-order valence-electron chi connectivity index (χ3n) is 5.62. The van der Waals surface area contributed by atoms with Gasteiger partial charge in [-0.25, -0.2) is 8.42 Å². The summed E-state index contributed by atoms with van der Waals surface area (Å²) in [5, 5.41) is 0. The number of hydrogen-bond acceptors (Lipinski definition) is 4. The fourth-order valence-electron chi connectivity index (χ4n) is 4.04. The van der Waals surface area contributed by atoms with Crippen LogP contribution < -0.4 is 4.90 Å². The minimum Gasteiger partial charge on any atom is -0.337 e. The number of rotatable bonds is 4. The summed E-state index contributed by atoms with van der Waals surface area (Å²) in [5.74, 6) is -0.129. The summed E-state index contributed by atoms with van der Waals surface area (Å²) in [6.45, 7) is 2.02. The molecular formula is C22H25N3O4S. The quantitative estimate of drug-likeness (QED) is 0.750. The minimum absolute atomic E-state index is 0.0336. The van der Waals surface area contributed by atoms with E-state index in [0.29, 0.717) is 50.3 Å². The smallest absolute Gasteiger partial charge is 0.256 e. The Balaban J connectivity index is 1.52. The van der Waals surface area contributed by atoms with Crippen LogP contribution in [0.5, 0.6) is 0 Å². The highest BCUT2D eigenvalue weighted by Gasteiger charge is 2.31. The Morgan fingerprint density at radius 3 is 2.27 bits per heavy atom. The van der Waals surface area contributed by atoms with E-state index in [0.717, 1.165) is 6.42 Å². The predicted octanol–water partition coefficient (Wildman–Crippen LogP) is 2.35. The number of amides is 2. The molecule has 2 amide bonds. The molecule has 4 rings (SSSR count). The summed E-state index contributed by atoms with van der Waals surface area (Å²) in [5.41, 5.74) is 1.13. The fourth-order valence-corrected chi connectivity index (χ4v) is 5.53. The van der Waals surface area contributed by atoms with Gasteiger partial charge in [0, 0.05) is 39.1 Å². The molecule has 158 valence electrons. The lowest BCUT2D eigenvalue weighted by molar-refractivity contribution is -0.117. The maximum atomic E-state index is 13.3. The Kier molecular flexibility index (Phi) is 5.87. The molecule has 7 nitrogen and oxygen atoms in total. The molecule has 2 fully saturated rings. The molecule has 0 aliphatic carbocycles. The van der Waals surface area contributed by atoms with Gasteiger partial charge in [-0.3, -0.25) is 9.59 Å². The molecule has 0 atom stereocenters. The molecule has 0 spiro atoms. The van der Waals surface area contributed by atoms with Gasteiger partial charge in [-0.05, 0) is 37.1 Å². The number of para-hydroxylation sites is 1. The van der Waals surface area contributed by atoms with Gasteiger partial charge < -0.3 is 9.80 Å². The Labute approximate surface area is 176 Å². The summed E-state index contributed by atoms with van der Waals surface area (Å²) in [6.07, 6.45) is 1.85. The first kappa shape index (κ1) is 20.6. The van der Waals surface area contributed by atoms with Crippen LogP contribution in [0.1, 0.15) is 29.6 Å². The van der Waals surface area contributed by atoms with Crippen molar-refractivity contribution in [2.24, 2.45) is 0 Å². The van der Waals surface area contributed by atoms with Crippen molar-refractivity contribution in [3.63, 3.8) is 0 Å². The maximum absolute atomic E-state index is 13.3. The molecule has 2 aliphatic rings. The van der Waals surface area contributed by atoms with Crippen LogP contribution in [0.2, 0.25) is 0 Å². The number of anilines is 1. The standard InChI is InChI=1S/C22H25N3O4S/c26-21-12-6-15-25(21)20-11-5-4-10-19(20)22(27)23-13-7-14-24(17-16-23)30(28,29)18-8-2-1-3-9-18/h1-5,8-11H,6-7,12-17H2. The van der Waals surface area contributed by atoms with Crippen LogP contribution >= 0.6 is 0 Å². The Morgan fingerprint density at radius 1 is 0.800 bits per heavy atom. The lowest BCUT2D eigenvalue weighted by Gasteiger charge is -2.25. The van der Waals surface area contributed by atoms with Crippen molar-refractivity contribution in [2.75, 3.05) is 37.6 Å². The van der Waals surface area contributed by atoms with E-state index in [1.165, 1.54) is 4.31 Å². The zero-order valence-corrected chi connectivity index (χ0v) is 17.6. The first-order chi connectivity index (χ1) is 14.5. The number of nitrogens with zero attached hydrogens (tertiary/aromatic N) is 3. The van der Waals surface area contributed by atoms with Gasteiger partial charge in [-0.15, -0.1) is 0 Å². The molecule has 30 heavy (non-hydrogen) atoms. The molecule has 2 aromatic rings. The molecule has 0 aromatic heterocycles. The number of sulfonamides is 1. The van der Waals surface area contributed by atoms with E-state index in [1.54, 1.807) is 58.3 Å². The van der Waals surface area contributed by atoms with Crippen LogP contribution in [0.3, 0.4) is 0 Å². The van der Waals surface area contributed by atoms with E-state index in [4.69, 9.17) is 0 Å².